The Morgan fingerprint density at radius 3 is 2.48 bits per heavy atom. The highest BCUT2D eigenvalue weighted by Gasteiger charge is 2.32. The average Bonchev–Trinajstić information content (AvgIpc) is 3.25. The maximum Gasteiger partial charge on any atom is 0.128 e. The van der Waals surface area contributed by atoms with Crippen LogP contribution in [0.25, 0.3) is 0 Å². The first kappa shape index (κ1) is 13.6. The van der Waals surface area contributed by atoms with Crippen molar-refractivity contribution in [3.05, 3.63) is 84.3 Å². The van der Waals surface area contributed by atoms with Crippen LogP contribution in [0.2, 0.25) is 0 Å². The third-order valence-corrected chi connectivity index (χ3v) is 4.02. The number of nitrogens with zero attached hydrogens (tertiary/aromatic N) is 2. The lowest BCUT2D eigenvalue weighted by Crippen LogP contribution is -2.17. The summed E-state index contributed by atoms with van der Waals surface area (Å²) in [6, 6.07) is 21.1. The van der Waals surface area contributed by atoms with E-state index in [1.54, 1.807) is 12.3 Å². The van der Waals surface area contributed by atoms with Gasteiger partial charge < -0.3 is 9.52 Å². The Labute approximate surface area is 134 Å². The van der Waals surface area contributed by atoms with E-state index in [1.165, 1.54) is 0 Å². The Morgan fingerprint density at radius 1 is 0.957 bits per heavy atom. The molecule has 23 heavy (non-hydrogen) atoms. The van der Waals surface area contributed by atoms with E-state index >= 15 is 0 Å². The average molecular weight is 304 g/mol. The highest BCUT2D eigenvalue weighted by molar-refractivity contribution is 6.05. The van der Waals surface area contributed by atoms with Gasteiger partial charge in [-0.05, 0) is 36.4 Å². The number of rotatable bonds is 3. The first-order valence-corrected chi connectivity index (χ1v) is 7.56. The second-order valence-corrected chi connectivity index (χ2v) is 5.48. The SMILES string of the molecule is Oc1ccccc1C1=NN(c2ccccc2)C(c2ccco2)C1. The normalized spacial score (nSPS) is 17.3. The van der Waals surface area contributed by atoms with Crippen LogP contribution in [-0.2, 0) is 0 Å². The topological polar surface area (TPSA) is 49.0 Å². The van der Waals surface area contributed by atoms with Gasteiger partial charge >= 0.3 is 0 Å². The lowest BCUT2D eigenvalue weighted by molar-refractivity contribution is 0.464. The van der Waals surface area contributed by atoms with Gasteiger partial charge in [-0.1, -0.05) is 30.3 Å². The van der Waals surface area contributed by atoms with Crippen molar-refractivity contribution < 1.29 is 9.52 Å². The molecule has 4 nitrogen and oxygen atoms in total. The van der Waals surface area contributed by atoms with Gasteiger partial charge in [0.1, 0.15) is 17.6 Å². The van der Waals surface area contributed by atoms with Gasteiger partial charge in [0.25, 0.3) is 0 Å². The van der Waals surface area contributed by atoms with Crippen molar-refractivity contribution in [1.82, 2.24) is 0 Å². The van der Waals surface area contributed by atoms with Gasteiger partial charge in [0.2, 0.25) is 0 Å². The first-order chi connectivity index (χ1) is 11.3. The van der Waals surface area contributed by atoms with E-state index < -0.39 is 0 Å². The summed E-state index contributed by atoms with van der Waals surface area (Å²) in [5, 5.41) is 16.8. The third kappa shape index (κ3) is 2.48. The smallest absolute Gasteiger partial charge is 0.128 e. The molecule has 4 rings (SSSR count). The van der Waals surface area contributed by atoms with E-state index in [4.69, 9.17) is 9.52 Å². The lowest BCUT2D eigenvalue weighted by Gasteiger charge is -2.21. The quantitative estimate of drug-likeness (QED) is 0.783. The molecule has 1 aliphatic heterocycles. The summed E-state index contributed by atoms with van der Waals surface area (Å²) in [6.45, 7) is 0. The molecule has 0 fully saturated rings. The van der Waals surface area contributed by atoms with Crippen LogP contribution in [0.3, 0.4) is 0 Å². The molecule has 114 valence electrons. The van der Waals surface area contributed by atoms with Gasteiger partial charge in [0.15, 0.2) is 0 Å². The fourth-order valence-electron chi connectivity index (χ4n) is 2.91. The number of hydrogen-bond acceptors (Lipinski definition) is 4. The molecule has 1 aromatic heterocycles. The summed E-state index contributed by atoms with van der Waals surface area (Å²) in [5.74, 6) is 1.11. The molecular formula is C19H16N2O2. The number of hydrogen-bond donors (Lipinski definition) is 1. The fraction of sp³-hybridized carbons (Fsp3) is 0.105. The fourth-order valence-corrected chi connectivity index (χ4v) is 2.91. The van der Waals surface area contributed by atoms with Crippen molar-refractivity contribution in [2.24, 2.45) is 5.10 Å². The molecule has 0 aliphatic carbocycles. The van der Waals surface area contributed by atoms with Crippen molar-refractivity contribution in [1.29, 1.82) is 0 Å². The zero-order valence-corrected chi connectivity index (χ0v) is 12.5. The number of anilines is 1. The molecule has 0 spiro atoms. The minimum absolute atomic E-state index is 0.0120. The van der Waals surface area contributed by atoms with Crippen LogP contribution < -0.4 is 5.01 Å². The summed E-state index contributed by atoms with van der Waals surface area (Å²) in [4.78, 5) is 0. The van der Waals surface area contributed by atoms with E-state index in [2.05, 4.69) is 0 Å². The van der Waals surface area contributed by atoms with Gasteiger partial charge in [-0.15, -0.1) is 0 Å². The van der Waals surface area contributed by atoms with Crippen molar-refractivity contribution in [2.75, 3.05) is 5.01 Å². The van der Waals surface area contributed by atoms with Crippen LogP contribution in [0.4, 0.5) is 5.69 Å². The van der Waals surface area contributed by atoms with E-state index in [-0.39, 0.29) is 11.8 Å². The van der Waals surface area contributed by atoms with Gasteiger partial charge in [-0.2, -0.15) is 5.10 Å². The van der Waals surface area contributed by atoms with Crippen LogP contribution >= 0.6 is 0 Å². The zero-order chi connectivity index (χ0) is 15.6. The van der Waals surface area contributed by atoms with Crippen LogP contribution in [-0.4, -0.2) is 10.8 Å². The molecule has 1 aliphatic rings. The Morgan fingerprint density at radius 2 is 1.74 bits per heavy atom. The molecule has 3 aromatic rings. The second-order valence-electron chi connectivity index (χ2n) is 5.48. The number of aromatic hydroxyl groups is 1. The van der Waals surface area contributed by atoms with E-state index in [1.807, 2.05) is 65.7 Å². The molecule has 1 atom stereocenters. The van der Waals surface area contributed by atoms with Crippen LogP contribution in [0.5, 0.6) is 5.75 Å². The summed E-state index contributed by atoms with van der Waals surface area (Å²) >= 11 is 0. The number of benzene rings is 2. The minimum atomic E-state index is -0.0120. The van der Waals surface area contributed by atoms with Crippen molar-refractivity contribution in [3.63, 3.8) is 0 Å². The largest absolute Gasteiger partial charge is 0.507 e. The second kappa shape index (κ2) is 5.65. The van der Waals surface area contributed by atoms with E-state index in [0.29, 0.717) is 6.42 Å². The summed E-state index contributed by atoms with van der Waals surface area (Å²) in [7, 11) is 0. The molecule has 0 bridgehead atoms. The molecule has 2 heterocycles. The number of furan rings is 1. The van der Waals surface area contributed by atoms with E-state index in [0.717, 1.165) is 22.7 Å². The van der Waals surface area contributed by atoms with Gasteiger partial charge in [-0.3, -0.25) is 5.01 Å². The highest BCUT2D eigenvalue weighted by Crippen LogP contribution is 2.37. The highest BCUT2D eigenvalue weighted by atomic mass is 16.3. The molecular weight excluding hydrogens is 288 g/mol. The van der Waals surface area contributed by atoms with E-state index in [9.17, 15) is 5.11 Å². The minimum Gasteiger partial charge on any atom is -0.507 e. The van der Waals surface area contributed by atoms with Gasteiger partial charge in [0, 0.05) is 12.0 Å². The van der Waals surface area contributed by atoms with Gasteiger partial charge in [-0.25, -0.2) is 0 Å². The lowest BCUT2D eigenvalue weighted by atomic mass is 10.0. The molecule has 0 amide bonds. The molecule has 1 unspecified atom stereocenters. The molecule has 4 heteroatoms. The number of phenols is 1. The van der Waals surface area contributed by atoms with Crippen molar-refractivity contribution >= 4 is 11.4 Å². The number of para-hydroxylation sites is 2. The maximum absolute atomic E-state index is 10.1. The monoisotopic (exact) mass is 304 g/mol. The maximum atomic E-state index is 10.1. The Hall–Kier alpha value is -3.01. The summed E-state index contributed by atoms with van der Waals surface area (Å²) in [5.41, 5.74) is 2.62. The van der Waals surface area contributed by atoms with Crippen molar-refractivity contribution in [2.45, 2.75) is 12.5 Å². The molecule has 0 saturated carbocycles. The Kier molecular flexibility index (Phi) is 3.35. The van der Waals surface area contributed by atoms with Crippen LogP contribution in [0.15, 0.2) is 82.5 Å². The Balaban J connectivity index is 1.77. The summed E-state index contributed by atoms with van der Waals surface area (Å²) < 4.78 is 5.61. The molecule has 2 aromatic carbocycles. The van der Waals surface area contributed by atoms with Crippen molar-refractivity contribution in [3.8, 4) is 5.75 Å². The predicted molar refractivity (Wildman–Crippen MR) is 89.6 cm³/mol. The molecule has 0 saturated heterocycles. The van der Waals surface area contributed by atoms with Crippen LogP contribution in [0, 0.1) is 0 Å². The molecule has 0 radical (unpaired) electrons. The third-order valence-electron chi connectivity index (χ3n) is 4.02. The first-order valence-electron chi connectivity index (χ1n) is 7.56. The standard InChI is InChI=1S/C19H16N2O2/c22-18-10-5-4-9-15(18)16-13-17(19-11-6-12-23-19)21(20-16)14-7-2-1-3-8-14/h1-12,17,22H,13H2. The molecule has 1 N–H and O–H groups in total. The number of phenolic OH excluding ortho intramolecular Hbond substituents is 1. The summed E-state index contributed by atoms with van der Waals surface area (Å²) in [6.07, 6.45) is 2.36. The Bertz CT molecular complexity index is 826. The predicted octanol–water partition coefficient (Wildman–Crippen LogP) is 4.34. The number of hydrazone groups is 1. The zero-order valence-electron chi connectivity index (χ0n) is 12.5. The van der Waals surface area contributed by atoms with Crippen LogP contribution in [0.1, 0.15) is 23.8 Å². The van der Waals surface area contributed by atoms with Gasteiger partial charge in [0.05, 0.1) is 17.7 Å².